The fourth-order valence-electron chi connectivity index (χ4n) is 5.09. The minimum atomic E-state index is -0.0622. The number of benzene rings is 1. The quantitative estimate of drug-likeness (QED) is 0.642. The van der Waals surface area contributed by atoms with E-state index in [1.54, 1.807) is 12.3 Å². The maximum atomic E-state index is 11.2. The first-order valence-corrected chi connectivity index (χ1v) is 10.6. The molecule has 5 nitrogen and oxygen atoms in total. The molecule has 2 aliphatic rings. The largest absolute Gasteiger partial charge is 0.508 e. The monoisotopic (exact) mass is 402 g/mol. The van der Waals surface area contributed by atoms with Crippen LogP contribution in [0.25, 0.3) is 11.2 Å². The van der Waals surface area contributed by atoms with Gasteiger partial charge in [0.1, 0.15) is 17.1 Å². The third-order valence-corrected chi connectivity index (χ3v) is 6.56. The van der Waals surface area contributed by atoms with E-state index < -0.39 is 0 Å². The number of aromatic nitrogens is 2. The molecule has 0 radical (unpaired) electrons. The summed E-state index contributed by atoms with van der Waals surface area (Å²) in [4.78, 5) is 15.6. The van der Waals surface area contributed by atoms with Gasteiger partial charge in [0.25, 0.3) is 0 Å². The second kappa shape index (κ2) is 7.10. The molecule has 5 heteroatoms. The summed E-state index contributed by atoms with van der Waals surface area (Å²) in [5, 5.41) is 10.2. The lowest BCUT2D eigenvalue weighted by atomic mass is 9.65. The molecule has 3 aromatic rings. The number of phenolic OH excluding ortho intramolecular Hbond substituents is 1. The lowest BCUT2D eigenvalue weighted by Gasteiger charge is -2.40. The van der Waals surface area contributed by atoms with Crippen LogP contribution < -0.4 is 0 Å². The fourth-order valence-corrected chi connectivity index (χ4v) is 5.09. The van der Waals surface area contributed by atoms with Crippen LogP contribution in [0, 0.1) is 5.92 Å². The van der Waals surface area contributed by atoms with Gasteiger partial charge in [0.05, 0.1) is 0 Å². The molecular weight excluding hydrogens is 376 g/mol. The number of allylic oxidation sites excluding steroid dienone is 1. The van der Waals surface area contributed by atoms with Crippen LogP contribution >= 0.6 is 0 Å². The third kappa shape index (κ3) is 3.14. The Kier molecular flexibility index (Phi) is 4.51. The molecule has 2 aromatic heterocycles. The zero-order chi connectivity index (χ0) is 20.9. The number of carbonyl (C=O) groups excluding carboxylic acids is 1. The minimum absolute atomic E-state index is 0.0622. The predicted molar refractivity (Wildman–Crippen MR) is 116 cm³/mol. The average molecular weight is 402 g/mol. The van der Waals surface area contributed by atoms with Crippen LogP contribution in [0.4, 0.5) is 0 Å². The molecule has 1 aliphatic heterocycles. The van der Waals surface area contributed by atoms with Gasteiger partial charge in [0, 0.05) is 25.6 Å². The van der Waals surface area contributed by atoms with Crippen molar-refractivity contribution in [1.29, 1.82) is 0 Å². The average Bonchev–Trinajstić information content (AvgIpc) is 3.17. The van der Waals surface area contributed by atoms with E-state index in [4.69, 9.17) is 4.74 Å². The van der Waals surface area contributed by atoms with Crippen molar-refractivity contribution >= 4 is 17.5 Å². The van der Waals surface area contributed by atoms with Crippen molar-refractivity contribution in [3.63, 3.8) is 0 Å². The van der Waals surface area contributed by atoms with Gasteiger partial charge in [-0.15, -0.1) is 0 Å². The lowest BCUT2D eigenvalue weighted by molar-refractivity contribution is 0.0743. The first-order valence-electron chi connectivity index (χ1n) is 10.6. The maximum Gasteiger partial charge on any atom is 0.170 e. The van der Waals surface area contributed by atoms with Crippen molar-refractivity contribution in [3.8, 4) is 5.75 Å². The molecular formula is C25H26N2O3. The van der Waals surface area contributed by atoms with Crippen LogP contribution in [-0.4, -0.2) is 34.0 Å². The number of nitrogens with zero attached hydrogens (tertiary/aromatic N) is 2. The lowest BCUT2D eigenvalue weighted by Crippen LogP contribution is -2.29. The van der Waals surface area contributed by atoms with E-state index in [0.29, 0.717) is 17.4 Å². The Morgan fingerprint density at radius 2 is 2.00 bits per heavy atom. The SMILES string of the molecule is CC1(C)CC(C2CCOCC2)=C(c2ccn3cc(C=O)nc3c2)c2ccc(O)cc21. The van der Waals surface area contributed by atoms with Crippen molar-refractivity contribution < 1.29 is 14.6 Å². The van der Waals surface area contributed by atoms with Crippen LogP contribution in [0.1, 0.15) is 60.3 Å². The zero-order valence-electron chi connectivity index (χ0n) is 17.4. The summed E-state index contributed by atoms with van der Waals surface area (Å²) < 4.78 is 7.52. The standard InChI is InChI=1S/C25H26N2O3/c1-25(2)13-21(16-6-9-30-10-7-16)24(20-4-3-19(29)12-22(20)25)17-5-8-27-14-18(15-28)26-23(27)11-17/h3-5,8,11-12,14-16,29H,6-7,9-10,13H2,1-2H3. The minimum Gasteiger partial charge on any atom is -0.508 e. The van der Waals surface area contributed by atoms with Gasteiger partial charge in [-0.3, -0.25) is 4.79 Å². The van der Waals surface area contributed by atoms with Crippen LogP contribution in [0.3, 0.4) is 0 Å². The van der Waals surface area contributed by atoms with E-state index in [2.05, 4.69) is 31.0 Å². The fraction of sp³-hybridized carbons (Fsp3) is 0.360. The van der Waals surface area contributed by atoms with Gasteiger partial charge < -0.3 is 14.2 Å². The van der Waals surface area contributed by atoms with Crippen molar-refractivity contribution in [2.45, 2.75) is 38.5 Å². The van der Waals surface area contributed by atoms with Gasteiger partial charge >= 0.3 is 0 Å². The van der Waals surface area contributed by atoms with Crippen molar-refractivity contribution in [2.75, 3.05) is 13.2 Å². The molecule has 0 unspecified atom stereocenters. The topological polar surface area (TPSA) is 63.8 Å². The highest BCUT2D eigenvalue weighted by Gasteiger charge is 2.36. The number of phenols is 1. The van der Waals surface area contributed by atoms with E-state index in [1.807, 2.05) is 22.7 Å². The van der Waals surface area contributed by atoms with Crippen molar-refractivity contribution in [2.24, 2.45) is 5.92 Å². The van der Waals surface area contributed by atoms with E-state index in [0.717, 1.165) is 50.0 Å². The highest BCUT2D eigenvalue weighted by atomic mass is 16.5. The van der Waals surface area contributed by atoms with Crippen molar-refractivity contribution in [1.82, 2.24) is 9.38 Å². The van der Waals surface area contributed by atoms with Crippen molar-refractivity contribution in [3.05, 3.63) is 70.7 Å². The Labute approximate surface area is 176 Å². The molecule has 30 heavy (non-hydrogen) atoms. The third-order valence-electron chi connectivity index (χ3n) is 6.56. The molecule has 1 aromatic carbocycles. The number of carbonyl (C=O) groups is 1. The molecule has 0 bridgehead atoms. The Morgan fingerprint density at radius 1 is 1.20 bits per heavy atom. The molecule has 1 saturated heterocycles. The second-order valence-electron chi connectivity index (χ2n) is 9.04. The van der Waals surface area contributed by atoms with Gasteiger partial charge in [-0.25, -0.2) is 4.98 Å². The van der Waals surface area contributed by atoms with E-state index in [1.165, 1.54) is 22.3 Å². The van der Waals surface area contributed by atoms with Crippen LogP contribution in [0.2, 0.25) is 0 Å². The van der Waals surface area contributed by atoms with E-state index >= 15 is 0 Å². The number of imidazole rings is 1. The number of ether oxygens (including phenoxy) is 1. The molecule has 3 heterocycles. The number of hydrogen-bond donors (Lipinski definition) is 1. The predicted octanol–water partition coefficient (Wildman–Crippen LogP) is 4.76. The van der Waals surface area contributed by atoms with Crippen LogP contribution in [-0.2, 0) is 10.2 Å². The Bertz CT molecular complexity index is 1170. The molecule has 0 saturated carbocycles. The summed E-state index contributed by atoms with van der Waals surface area (Å²) in [7, 11) is 0. The number of fused-ring (bicyclic) bond motifs is 2. The molecule has 0 spiro atoms. The van der Waals surface area contributed by atoms with Gasteiger partial charge in [-0.1, -0.05) is 25.5 Å². The summed E-state index contributed by atoms with van der Waals surface area (Å²) in [6.45, 7) is 6.11. The number of hydrogen-bond acceptors (Lipinski definition) is 4. The number of pyridine rings is 1. The van der Waals surface area contributed by atoms with Gasteiger partial charge in [-0.05, 0) is 77.1 Å². The van der Waals surface area contributed by atoms with Gasteiger partial charge in [0.2, 0.25) is 0 Å². The molecule has 0 amide bonds. The summed E-state index contributed by atoms with van der Waals surface area (Å²) in [6, 6.07) is 9.91. The highest BCUT2D eigenvalue weighted by molar-refractivity contribution is 5.87. The van der Waals surface area contributed by atoms with E-state index in [9.17, 15) is 9.90 Å². The zero-order valence-corrected chi connectivity index (χ0v) is 17.4. The number of aromatic hydroxyl groups is 1. The van der Waals surface area contributed by atoms with Gasteiger partial charge in [0.15, 0.2) is 6.29 Å². The molecule has 0 atom stereocenters. The first kappa shape index (κ1) is 19.1. The summed E-state index contributed by atoms with van der Waals surface area (Å²) in [5.74, 6) is 0.784. The molecule has 1 aliphatic carbocycles. The summed E-state index contributed by atoms with van der Waals surface area (Å²) >= 11 is 0. The summed E-state index contributed by atoms with van der Waals surface area (Å²) in [6.07, 6.45) is 7.50. The molecule has 5 rings (SSSR count). The highest BCUT2D eigenvalue weighted by Crippen LogP contribution is 2.49. The molecule has 154 valence electrons. The van der Waals surface area contributed by atoms with Gasteiger partial charge in [-0.2, -0.15) is 0 Å². The number of rotatable bonds is 3. The smallest absolute Gasteiger partial charge is 0.170 e. The molecule has 1 fully saturated rings. The number of aldehydes is 1. The van der Waals surface area contributed by atoms with Crippen LogP contribution in [0.5, 0.6) is 5.75 Å². The summed E-state index contributed by atoms with van der Waals surface area (Å²) in [5.41, 5.74) is 7.30. The Balaban J connectivity index is 1.75. The van der Waals surface area contributed by atoms with Crippen LogP contribution in [0.15, 0.2) is 48.3 Å². The van der Waals surface area contributed by atoms with E-state index in [-0.39, 0.29) is 5.41 Å². The Morgan fingerprint density at radius 3 is 2.77 bits per heavy atom. The first-order chi connectivity index (χ1) is 14.5. The maximum absolute atomic E-state index is 11.2. The molecule has 1 N–H and O–H groups in total. The Hall–Kier alpha value is -2.92. The second-order valence-corrected chi connectivity index (χ2v) is 9.04. The normalized spacial score (nSPS) is 19.1.